The van der Waals surface area contributed by atoms with E-state index in [9.17, 15) is 8.42 Å². The van der Waals surface area contributed by atoms with Crippen molar-refractivity contribution in [1.82, 2.24) is 4.72 Å². The van der Waals surface area contributed by atoms with E-state index >= 15 is 0 Å². The predicted octanol–water partition coefficient (Wildman–Crippen LogP) is 1.08. The molecule has 20 heavy (non-hydrogen) atoms. The van der Waals surface area contributed by atoms with Gasteiger partial charge in [0.25, 0.3) is 0 Å². The van der Waals surface area contributed by atoms with Crippen molar-refractivity contribution in [3.63, 3.8) is 0 Å². The van der Waals surface area contributed by atoms with Crippen LogP contribution in [0.5, 0.6) is 11.5 Å². The third-order valence-electron chi connectivity index (χ3n) is 2.81. The Hall–Kier alpha value is -1.78. The first kappa shape index (κ1) is 16.3. The van der Waals surface area contributed by atoms with Crippen LogP contribution in [0.1, 0.15) is 12.5 Å². The second-order valence-electron chi connectivity index (χ2n) is 4.15. The molecule has 110 valence electrons. The third-order valence-corrected chi connectivity index (χ3v) is 4.45. The van der Waals surface area contributed by atoms with Gasteiger partial charge in [-0.25, -0.2) is 13.1 Å². The average molecular weight is 298 g/mol. The molecule has 7 heteroatoms. The number of nitrogens with zero attached hydrogens (tertiary/aromatic N) is 1. The summed E-state index contributed by atoms with van der Waals surface area (Å²) < 4.78 is 35.9. The molecule has 1 unspecified atom stereocenters. The van der Waals surface area contributed by atoms with Gasteiger partial charge in [0.2, 0.25) is 10.0 Å². The number of hydrogen-bond donors (Lipinski definition) is 1. The van der Waals surface area contributed by atoms with E-state index in [-0.39, 0.29) is 6.54 Å². The Morgan fingerprint density at radius 1 is 1.30 bits per heavy atom. The van der Waals surface area contributed by atoms with Gasteiger partial charge in [-0.2, -0.15) is 5.26 Å². The van der Waals surface area contributed by atoms with Crippen LogP contribution in [0.3, 0.4) is 0 Å². The molecule has 1 aromatic carbocycles. The van der Waals surface area contributed by atoms with E-state index in [4.69, 9.17) is 14.7 Å². The molecule has 0 aliphatic heterocycles. The van der Waals surface area contributed by atoms with E-state index in [1.807, 2.05) is 6.07 Å². The minimum absolute atomic E-state index is 0.226. The summed E-state index contributed by atoms with van der Waals surface area (Å²) in [6.07, 6.45) is 0.498. The maximum atomic E-state index is 11.6. The molecule has 0 aromatic heterocycles. The highest BCUT2D eigenvalue weighted by Crippen LogP contribution is 2.27. The van der Waals surface area contributed by atoms with Crippen molar-refractivity contribution in [3.8, 4) is 17.6 Å². The lowest BCUT2D eigenvalue weighted by atomic mass is 10.1. The van der Waals surface area contributed by atoms with Crippen molar-refractivity contribution in [2.45, 2.75) is 18.6 Å². The Labute approximate surface area is 119 Å². The monoisotopic (exact) mass is 298 g/mol. The molecule has 0 heterocycles. The van der Waals surface area contributed by atoms with Gasteiger partial charge in [-0.1, -0.05) is 6.07 Å². The van der Waals surface area contributed by atoms with E-state index in [1.165, 1.54) is 6.92 Å². The fourth-order valence-corrected chi connectivity index (χ4v) is 2.34. The fourth-order valence-electron chi connectivity index (χ4n) is 1.57. The molecule has 0 aliphatic carbocycles. The molecule has 0 aliphatic rings. The quantitative estimate of drug-likeness (QED) is 0.813. The molecule has 0 spiro atoms. The molecule has 0 saturated carbocycles. The molecule has 0 amide bonds. The lowest BCUT2D eigenvalue weighted by molar-refractivity contribution is 0.354. The lowest BCUT2D eigenvalue weighted by Gasteiger charge is -2.10. The van der Waals surface area contributed by atoms with Gasteiger partial charge in [0.15, 0.2) is 16.7 Å². The van der Waals surface area contributed by atoms with Crippen molar-refractivity contribution in [3.05, 3.63) is 23.8 Å². The van der Waals surface area contributed by atoms with Gasteiger partial charge in [-0.05, 0) is 31.0 Å². The second-order valence-corrected chi connectivity index (χ2v) is 6.24. The summed E-state index contributed by atoms with van der Waals surface area (Å²) >= 11 is 0. The third kappa shape index (κ3) is 4.11. The Morgan fingerprint density at radius 2 is 1.95 bits per heavy atom. The molecule has 0 bridgehead atoms. The number of benzene rings is 1. The van der Waals surface area contributed by atoms with Gasteiger partial charge in [-0.15, -0.1) is 0 Å². The number of nitriles is 1. The predicted molar refractivity (Wildman–Crippen MR) is 75.2 cm³/mol. The van der Waals surface area contributed by atoms with Gasteiger partial charge >= 0.3 is 0 Å². The summed E-state index contributed by atoms with van der Waals surface area (Å²) in [5, 5.41) is 7.55. The summed E-state index contributed by atoms with van der Waals surface area (Å²) in [5.74, 6) is 1.22. The highest BCUT2D eigenvalue weighted by atomic mass is 32.2. The molecule has 0 radical (unpaired) electrons. The molecular weight excluding hydrogens is 280 g/mol. The van der Waals surface area contributed by atoms with Crippen LogP contribution in [0.15, 0.2) is 18.2 Å². The zero-order chi connectivity index (χ0) is 15.2. The number of sulfonamides is 1. The zero-order valence-corrected chi connectivity index (χ0v) is 12.5. The number of nitrogens with one attached hydrogen (secondary N) is 1. The molecule has 0 saturated heterocycles. The fraction of sp³-hybridized carbons (Fsp3) is 0.462. The maximum absolute atomic E-state index is 11.6. The van der Waals surface area contributed by atoms with Crippen molar-refractivity contribution in [2.24, 2.45) is 0 Å². The first-order chi connectivity index (χ1) is 9.44. The molecule has 1 aromatic rings. The van der Waals surface area contributed by atoms with Crippen LogP contribution in [0.4, 0.5) is 0 Å². The van der Waals surface area contributed by atoms with Gasteiger partial charge in [0.1, 0.15) is 0 Å². The summed E-state index contributed by atoms with van der Waals surface area (Å²) in [6, 6.07) is 7.09. The summed E-state index contributed by atoms with van der Waals surface area (Å²) in [6.45, 7) is 1.57. The molecule has 1 N–H and O–H groups in total. The second kappa shape index (κ2) is 7.12. The number of rotatable bonds is 7. The summed E-state index contributed by atoms with van der Waals surface area (Å²) in [4.78, 5) is 0. The van der Waals surface area contributed by atoms with Crippen LogP contribution in [-0.2, 0) is 16.4 Å². The first-order valence-electron chi connectivity index (χ1n) is 6.03. The van der Waals surface area contributed by atoms with E-state index in [1.54, 1.807) is 32.4 Å². The van der Waals surface area contributed by atoms with Crippen molar-refractivity contribution in [2.75, 3.05) is 20.8 Å². The van der Waals surface area contributed by atoms with Gasteiger partial charge in [-0.3, -0.25) is 0 Å². The summed E-state index contributed by atoms with van der Waals surface area (Å²) in [5.41, 5.74) is 0.912. The number of ether oxygens (including phenoxy) is 2. The average Bonchev–Trinajstić information content (AvgIpc) is 2.45. The molecule has 1 rings (SSSR count). The number of methoxy groups -OCH3 is 2. The standard InChI is InChI=1S/C13H18N2O4S/c1-10(9-14)20(16,17)15-7-6-11-4-5-12(18-2)13(8-11)19-3/h4-5,8,10,15H,6-7H2,1-3H3. The van der Waals surface area contributed by atoms with E-state index in [0.717, 1.165) is 5.56 Å². The normalized spacial score (nSPS) is 12.5. The van der Waals surface area contributed by atoms with E-state index < -0.39 is 15.3 Å². The highest BCUT2D eigenvalue weighted by Gasteiger charge is 2.19. The maximum Gasteiger partial charge on any atom is 0.227 e. The Bertz CT molecular complexity index is 593. The molecular formula is C13H18N2O4S. The minimum atomic E-state index is -3.58. The van der Waals surface area contributed by atoms with Crippen LogP contribution in [-0.4, -0.2) is 34.4 Å². The van der Waals surface area contributed by atoms with Crippen LogP contribution in [0, 0.1) is 11.3 Å². The van der Waals surface area contributed by atoms with Crippen LogP contribution >= 0.6 is 0 Å². The van der Waals surface area contributed by atoms with Crippen molar-refractivity contribution >= 4 is 10.0 Å². The first-order valence-corrected chi connectivity index (χ1v) is 7.58. The molecule has 6 nitrogen and oxygen atoms in total. The van der Waals surface area contributed by atoms with E-state index in [2.05, 4.69) is 4.72 Å². The topological polar surface area (TPSA) is 88.4 Å². The van der Waals surface area contributed by atoms with Crippen LogP contribution in [0.25, 0.3) is 0 Å². The van der Waals surface area contributed by atoms with E-state index in [0.29, 0.717) is 17.9 Å². The van der Waals surface area contributed by atoms with Crippen LogP contribution < -0.4 is 14.2 Å². The van der Waals surface area contributed by atoms with Crippen LogP contribution in [0.2, 0.25) is 0 Å². The smallest absolute Gasteiger partial charge is 0.227 e. The largest absolute Gasteiger partial charge is 0.493 e. The lowest BCUT2D eigenvalue weighted by Crippen LogP contribution is -2.33. The zero-order valence-electron chi connectivity index (χ0n) is 11.7. The van der Waals surface area contributed by atoms with Gasteiger partial charge in [0, 0.05) is 6.54 Å². The Morgan fingerprint density at radius 3 is 2.50 bits per heavy atom. The van der Waals surface area contributed by atoms with Crippen molar-refractivity contribution < 1.29 is 17.9 Å². The SMILES string of the molecule is COc1ccc(CCNS(=O)(=O)C(C)C#N)cc1OC. The van der Waals surface area contributed by atoms with Crippen molar-refractivity contribution in [1.29, 1.82) is 5.26 Å². The van der Waals surface area contributed by atoms with Gasteiger partial charge in [0.05, 0.1) is 20.3 Å². The molecule has 1 atom stereocenters. The Balaban J connectivity index is 2.66. The summed E-state index contributed by atoms with van der Waals surface area (Å²) in [7, 11) is -0.485. The number of hydrogen-bond acceptors (Lipinski definition) is 5. The van der Waals surface area contributed by atoms with Gasteiger partial charge < -0.3 is 9.47 Å². The minimum Gasteiger partial charge on any atom is -0.493 e. The highest BCUT2D eigenvalue weighted by molar-refractivity contribution is 7.90. The molecule has 0 fully saturated rings. The Kier molecular flexibility index (Phi) is 5.80.